The van der Waals surface area contributed by atoms with Crippen LogP contribution in [0.2, 0.25) is 0 Å². The molecule has 0 aromatic rings. The summed E-state index contributed by atoms with van der Waals surface area (Å²) in [6.45, 7) is 10.2. The lowest BCUT2D eigenvalue weighted by atomic mass is 9.40. The maximum Gasteiger partial charge on any atom is 0.313 e. The minimum Gasteiger partial charge on any atom is -0.481 e. The molecule has 7 unspecified atom stereocenters. The van der Waals surface area contributed by atoms with E-state index in [1.54, 1.807) is 13.8 Å². The van der Waals surface area contributed by atoms with Crippen molar-refractivity contribution < 1.29 is 29.0 Å². The van der Waals surface area contributed by atoms with Crippen molar-refractivity contribution in [3.63, 3.8) is 0 Å². The molecular formula is C27H42O6. The number of hydrogen-bond donors (Lipinski definition) is 1. The molecule has 4 aliphatic rings. The molecular weight excluding hydrogens is 420 g/mol. The molecule has 0 radical (unpaired) electrons. The van der Waals surface area contributed by atoms with Crippen LogP contribution in [0.3, 0.4) is 0 Å². The summed E-state index contributed by atoms with van der Waals surface area (Å²) in [6.07, 6.45) is 8.85. The third-order valence-electron chi connectivity index (χ3n) is 10.4. The van der Waals surface area contributed by atoms with Crippen molar-refractivity contribution in [2.24, 2.45) is 45.3 Å². The van der Waals surface area contributed by atoms with Gasteiger partial charge in [-0.1, -0.05) is 34.1 Å². The molecule has 4 fully saturated rings. The molecule has 0 aliphatic heterocycles. The molecule has 4 aliphatic carbocycles. The van der Waals surface area contributed by atoms with Gasteiger partial charge in [0.1, 0.15) is 12.0 Å². The fraction of sp³-hybridized carbons (Fsp3) is 0.889. The van der Waals surface area contributed by atoms with Crippen molar-refractivity contribution in [2.45, 2.75) is 92.4 Å². The van der Waals surface area contributed by atoms with Gasteiger partial charge in [0.25, 0.3) is 0 Å². The van der Waals surface area contributed by atoms with Crippen molar-refractivity contribution >= 4 is 17.9 Å². The maximum atomic E-state index is 12.8. The zero-order valence-corrected chi connectivity index (χ0v) is 21.1. The maximum absolute atomic E-state index is 12.8. The smallest absolute Gasteiger partial charge is 0.313 e. The molecule has 186 valence electrons. The van der Waals surface area contributed by atoms with Crippen LogP contribution < -0.4 is 0 Å². The second-order valence-electron chi connectivity index (χ2n) is 12.7. The summed E-state index contributed by atoms with van der Waals surface area (Å²) in [5.74, 6) is -0.532. The largest absolute Gasteiger partial charge is 0.481 e. The third kappa shape index (κ3) is 3.80. The van der Waals surface area contributed by atoms with Crippen LogP contribution in [-0.4, -0.2) is 36.2 Å². The van der Waals surface area contributed by atoms with Gasteiger partial charge < -0.3 is 14.6 Å². The molecule has 1 N–H and O–H groups in total. The van der Waals surface area contributed by atoms with Gasteiger partial charge in [0.05, 0.1) is 12.5 Å². The average molecular weight is 463 g/mol. The highest BCUT2D eigenvalue weighted by Gasteiger charge is 2.68. The minimum absolute atomic E-state index is 0.00782. The average Bonchev–Trinajstić information content (AvgIpc) is 2.95. The first-order chi connectivity index (χ1) is 15.4. The van der Waals surface area contributed by atoms with Gasteiger partial charge in [-0.15, -0.1) is 0 Å². The van der Waals surface area contributed by atoms with Gasteiger partial charge in [0, 0.05) is 12.3 Å². The number of carboxylic acid groups (broad SMARTS) is 1. The second kappa shape index (κ2) is 8.27. The Hall–Kier alpha value is -1.59. The summed E-state index contributed by atoms with van der Waals surface area (Å²) >= 11 is 0. The Morgan fingerprint density at radius 1 is 0.970 bits per heavy atom. The molecule has 0 aromatic carbocycles. The molecule has 6 nitrogen and oxygen atoms in total. The SMILES string of the molecule is CC(=O)OCC1(C)CC23CCC4C(COC(=O)C(C)C)(C(=O)O)CCCC4(C)C2CCC1C3. The predicted octanol–water partition coefficient (Wildman–Crippen LogP) is 5.23. The van der Waals surface area contributed by atoms with E-state index < -0.39 is 11.4 Å². The Kier molecular flexibility index (Phi) is 6.14. The highest BCUT2D eigenvalue weighted by Crippen LogP contribution is 2.74. The molecule has 0 aromatic heterocycles. The van der Waals surface area contributed by atoms with Crippen LogP contribution >= 0.6 is 0 Å². The van der Waals surface area contributed by atoms with Gasteiger partial charge in [-0.05, 0) is 80.0 Å². The van der Waals surface area contributed by atoms with Gasteiger partial charge in [-0.25, -0.2) is 0 Å². The highest BCUT2D eigenvalue weighted by atomic mass is 16.5. The number of fused-ring (bicyclic) bond motifs is 3. The highest BCUT2D eigenvalue weighted by molar-refractivity contribution is 5.77. The number of rotatable bonds is 6. The number of carbonyl (C=O) groups is 3. The monoisotopic (exact) mass is 462 g/mol. The summed E-state index contributed by atoms with van der Waals surface area (Å²) < 4.78 is 11.1. The van der Waals surface area contributed by atoms with E-state index in [9.17, 15) is 19.5 Å². The number of ether oxygens (including phenoxy) is 2. The van der Waals surface area contributed by atoms with E-state index in [1.807, 2.05) is 0 Å². The fourth-order valence-corrected chi connectivity index (χ4v) is 9.05. The van der Waals surface area contributed by atoms with E-state index in [-0.39, 0.29) is 46.6 Å². The molecule has 0 amide bonds. The van der Waals surface area contributed by atoms with Gasteiger partial charge in [-0.2, -0.15) is 0 Å². The van der Waals surface area contributed by atoms with Crippen LogP contribution in [0.15, 0.2) is 0 Å². The van der Waals surface area contributed by atoms with Crippen LogP contribution in [-0.2, 0) is 23.9 Å². The van der Waals surface area contributed by atoms with Crippen LogP contribution in [0, 0.1) is 45.3 Å². The van der Waals surface area contributed by atoms with Crippen LogP contribution in [0.5, 0.6) is 0 Å². The summed E-state index contributed by atoms with van der Waals surface area (Å²) in [5.41, 5.74) is -0.847. The predicted molar refractivity (Wildman–Crippen MR) is 123 cm³/mol. The van der Waals surface area contributed by atoms with Gasteiger partial charge >= 0.3 is 17.9 Å². The topological polar surface area (TPSA) is 89.9 Å². The number of carbonyl (C=O) groups excluding carboxylic acids is 2. The van der Waals surface area contributed by atoms with E-state index >= 15 is 0 Å². The number of esters is 2. The van der Waals surface area contributed by atoms with Crippen LogP contribution in [0.25, 0.3) is 0 Å². The van der Waals surface area contributed by atoms with E-state index in [4.69, 9.17) is 9.47 Å². The molecule has 7 atom stereocenters. The van der Waals surface area contributed by atoms with Crippen molar-refractivity contribution in [2.75, 3.05) is 13.2 Å². The summed E-state index contributed by atoms with van der Waals surface area (Å²) in [6, 6.07) is 0. The first kappa shape index (κ1) is 24.5. The summed E-state index contributed by atoms with van der Waals surface area (Å²) in [5, 5.41) is 10.5. The van der Waals surface area contributed by atoms with Crippen molar-refractivity contribution in [1.82, 2.24) is 0 Å². The van der Waals surface area contributed by atoms with E-state index in [0.29, 0.717) is 24.9 Å². The molecule has 1 spiro atoms. The van der Waals surface area contributed by atoms with Gasteiger partial charge in [0.2, 0.25) is 0 Å². The Bertz CT molecular complexity index is 821. The van der Waals surface area contributed by atoms with Gasteiger partial charge in [-0.3, -0.25) is 14.4 Å². The Labute approximate surface area is 198 Å². The lowest BCUT2D eigenvalue weighted by Crippen LogP contribution is -2.60. The third-order valence-corrected chi connectivity index (χ3v) is 10.4. The molecule has 0 heterocycles. The normalized spacial score (nSPS) is 44.0. The zero-order chi connectivity index (χ0) is 24.2. The quantitative estimate of drug-likeness (QED) is 0.544. The molecule has 4 rings (SSSR count). The Morgan fingerprint density at radius 2 is 1.70 bits per heavy atom. The first-order valence-electron chi connectivity index (χ1n) is 12.9. The Morgan fingerprint density at radius 3 is 2.33 bits per heavy atom. The lowest BCUT2D eigenvalue weighted by molar-refractivity contribution is -0.197. The molecule has 4 saturated carbocycles. The van der Waals surface area contributed by atoms with Crippen molar-refractivity contribution in [3.8, 4) is 0 Å². The summed E-state index contributed by atoms with van der Waals surface area (Å²) in [7, 11) is 0. The lowest BCUT2D eigenvalue weighted by Gasteiger charge is -2.63. The molecule has 2 bridgehead atoms. The van der Waals surface area contributed by atoms with E-state index in [2.05, 4.69) is 13.8 Å². The second-order valence-corrected chi connectivity index (χ2v) is 12.7. The molecule has 6 heteroatoms. The van der Waals surface area contributed by atoms with Crippen LogP contribution in [0.4, 0.5) is 0 Å². The number of hydrogen-bond acceptors (Lipinski definition) is 5. The molecule has 33 heavy (non-hydrogen) atoms. The van der Waals surface area contributed by atoms with Crippen molar-refractivity contribution in [3.05, 3.63) is 0 Å². The van der Waals surface area contributed by atoms with Crippen LogP contribution in [0.1, 0.15) is 92.4 Å². The first-order valence-corrected chi connectivity index (χ1v) is 12.9. The minimum atomic E-state index is -0.990. The van der Waals surface area contributed by atoms with E-state index in [0.717, 1.165) is 44.9 Å². The van der Waals surface area contributed by atoms with Crippen molar-refractivity contribution in [1.29, 1.82) is 0 Å². The van der Waals surface area contributed by atoms with Gasteiger partial charge in [0.15, 0.2) is 0 Å². The number of carboxylic acids is 1. The number of aliphatic carboxylic acids is 1. The van der Waals surface area contributed by atoms with E-state index in [1.165, 1.54) is 13.3 Å². The molecule has 0 saturated heterocycles. The standard InChI is InChI=1S/C27H42O6/c1-17(2)22(29)33-16-27(23(30)31)11-6-10-25(5)20-8-7-19-13-26(20,12-9-21(25)27)14-24(19,4)15-32-18(3)28/h17,19-21H,6-16H2,1-5H3,(H,30,31). The fourth-order valence-electron chi connectivity index (χ4n) is 9.05. The zero-order valence-electron chi connectivity index (χ0n) is 21.1. The summed E-state index contributed by atoms with van der Waals surface area (Å²) in [4.78, 5) is 36.6. The Balaban J connectivity index is 1.62.